The molecule has 4 rings (SSSR count). The van der Waals surface area contributed by atoms with Crippen molar-refractivity contribution in [1.29, 1.82) is 0 Å². The zero-order valence-electron chi connectivity index (χ0n) is 22.8. The van der Waals surface area contributed by atoms with Gasteiger partial charge < -0.3 is 30.3 Å². The van der Waals surface area contributed by atoms with E-state index in [1.54, 1.807) is 68.4 Å². The molecule has 3 aromatic rings. The summed E-state index contributed by atoms with van der Waals surface area (Å²) in [6, 6.07) is 23.3. The van der Waals surface area contributed by atoms with Crippen LogP contribution in [0.15, 0.2) is 84.9 Å². The van der Waals surface area contributed by atoms with Crippen LogP contribution in [0, 0.1) is 17.2 Å². The number of hydrogen-bond donors (Lipinski definition) is 3. The predicted octanol–water partition coefficient (Wildman–Crippen LogP) is 3.07. The van der Waals surface area contributed by atoms with E-state index in [0.29, 0.717) is 28.1 Å². The van der Waals surface area contributed by atoms with Gasteiger partial charge in [0.05, 0.1) is 23.9 Å². The normalized spacial score (nSPS) is 18.5. The van der Waals surface area contributed by atoms with Crippen molar-refractivity contribution < 1.29 is 34.1 Å². The number of aliphatic hydroxyl groups excluding tert-OH is 2. The third kappa shape index (κ3) is 5.91. The molecule has 0 spiro atoms. The van der Waals surface area contributed by atoms with E-state index in [1.165, 1.54) is 29.2 Å². The second-order valence-electron chi connectivity index (χ2n) is 10.3. The second kappa shape index (κ2) is 12.4. The Kier molecular flexibility index (Phi) is 9.00. The Bertz CT molecular complexity index is 1430. The van der Waals surface area contributed by atoms with E-state index in [-0.39, 0.29) is 13.0 Å². The van der Waals surface area contributed by atoms with Crippen molar-refractivity contribution in [2.45, 2.75) is 38.9 Å². The third-order valence-corrected chi connectivity index (χ3v) is 7.37. The molecular weight excluding hydrogens is 527 g/mol. The molecule has 0 aromatic heterocycles. The summed E-state index contributed by atoms with van der Waals surface area (Å²) in [6.45, 7) is 3.46. The average molecular weight is 560 g/mol. The fourth-order valence-electron chi connectivity index (χ4n) is 5.34. The van der Waals surface area contributed by atoms with Gasteiger partial charge in [-0.05, 0) is 59.9 Å². The highest BCUT2D eigenvalue weighted by molar-refractivity contribution is 6.28. The molecule has 1 aliphatic rings. The SMILES string of the molecule is CC(C)C1(C(=O)Nc2ccccc2)C(=O)N(CCC(O)CC(O)C(=O)[O-])C(c2ccc(F)cc2)=C1c1ccccc1. The van der Waals surface area contributed by atoms with Crippen molar-refractivity contribution in [3.8, 4) is 0 Å². The first-order valence-corrected chi connectivity index (χ1v) is 13.4. The molecule has 1 heterocycles. The lowest BCUT2D eigenvalue weighted by molar-refractivity contribution is -0.315. The number of carboxylic acid groups (broad SMARTS) is 1. The molecule has 0 fully saturated rings. The van der Waals surface area contributed by atoms with E-state index in [1.807, 2.05) is 6.07 Å². The second-order valence-corrected chi connectivity index (χ2v) is 10.3. The zero-order chi connectivity index (χ0) is 29.7. The number of rotatable bonds is 11. The fourth-order valence-corrected chi connectivity index (χ4v) is 5.34. The number of para-hydroxylation sites is 1. The van der Waals surface area contributed by atoms with Crippen molar-refractivity contribution >= 4 is 34.7 Å². The van der Waals surface area contributed by atoms with Crippen LogP contribution in [0.25, 0.3) is 11.3 Å². The van der Waals surface area contributed by atoms with E-state index in [4.69, 9.17) is 0 Å². The van der Waals surface area contributed by atoms with E-state index >= 15 is 0 Å². The number of carbonyl (C=O) groups is 3. The van der Waals surface area contributed by atoms with Crippen LogP contribution < -0.4 is 10.4 Å². The van der Waals surface area contributed by atoms with Crippen molar-refractivity contribution in [3.05, 3.63) is 102 Å². The van der Waals surface area contributed by atoms with Crippen molar-refractivity contribution in [3.63, 3.8) is 0 Å². The van der Waals surface area contributed by atoms with Gasteiger partial charge >= 0.3 is 0 Å². The van der Waals surface area contributed by atoms with Gasteiger partial charge in [0.15, 0.2) is 5.41 Å². The lowest BCUT2D eigenvalue weighted by Crippen LogP contribution is -2.49. The Morgan fingerprint density at radius 1 is 0.927 bits per heavy atom. The molecule has 3 aromatic carbocycles. The topological polar surface area (TPSA) is 130 Å². The van der Waals surface area contributed by atoms with Crippen LogP contribution in [0.1, 0.15) is 37.8 Å². The smallest absolute Gasteiger partial charge is 0.247 e. The van der Waals surface area contributed by atoms with Gasteiger partial charge in [0.2, 0.25) is 11.8 Å². The van der Waals surface area contributed by atoms with E-state index < -0.39 is 53.6 Å². The maximum Gasteiger partial charge on any atom is 0.247 e. The molecule has 0 aliphatic carbocycles. The zero-order valence-corrected chi connectivity index (χ0v) is 22.8. The molecule has 0 saturated carbocycles. The van der Waals surface area contributed by atoms with Crippen LogP contribution >= 0.6 is 0 Å². The summed E-state index contributed by atoms with van der Waals surface area (Å²) >= 11 is 0. The Morgan fingerprint density at radius 2 is 1.51 bits per heavy atom. The number of nitrogens with one attached hydrogen (secondary N) is 1. The Morgan fingerprint density at radius 3 is 2.07 bits per heavy atom. The molecule has 2 amide bonds. The molecule has 214 valence electrons. The van der Waals surface area contributed by atoms with Gasteiger partial charge in [0, 0.05) is 24.2 Å². The minimum Gasteiger partial charge on any atom is -0.547 e. The van der Waals surface area contributed by atoms with Crippen LogP contribution in [0.2, 0.25) is 0 Å². The number of carboxylic acids is 1. The molecule has 8 nitrogen and oxygen atoms in total. The Balaban J connectivity index is 1.90. The molecule has 9 heteroatoms. The lowest BCUT2D eigenvalue weighted by Gasteiger charge is -2.34. The maximum atomic E-state index is 14.6. The lowest BCUT2D eigenvalue weighted by atomic mass is 9.68. The number of hydrogen-bond acceptors (Lipinski definition) is 6. The minimum atomic E-state index is -1.88. The van der Waals surface area contributed by atoms with Crippen LogP contribution in [-0.2, 0) is 14.4 Å². The molecule has 1 aliphatic heterocycles. The van der Waals surface area contributed by atoms with Gasteiger partial charge in [-0.3, -0.25) is 9.59 Å². The van der Waals surface area contributed by atoms with Crippen LogP contribution in [0.3, 0.4) is 0 Å². The third-order valence-electron chi connectivity index (χ3n) is 7.37. The van der Waals surface area contributed by atoms with Gasteiger partial charge in [-0.2, -0.15) is 0 Å². The van der Waals surface area contributed by atoms with Gasteiger partial charge in [0.25, 0.3) is 0 Å². The molecule has 3 N–H and O–H groups in total. The van der Waals surface area contributed by atoms with Crippen LogP contribution in [0.4, 0.5) is 10.1 Å². The highest BCUT2D eigenvalue weighted by Crippen LogP contribution is 2.54. The van der Waals surface area contributed by atoms with Gasteiger partial charge in [-0.1, -0.05) is 62.4 Å². The summed E-state index contributed by atoms with van der Waals surface area (Å²) in [5, 5.41) is 34.0. The minimum absolute atomic E-state index is 0.0999. The Hall–Kier alpha value is -4.34. The summed E-state index contributed by atoms with van der Waals surface area (Å²) in [4.78, 5) is 41.3. The number of halogens is 1. The van der Waals surface area contributed by atoms with Gasteiger partial charge in [-0.15, -0.1) is 0 Å². The molecule has 3 unspecified atom stereocenters. The monoisotopic (exact) mass is 559 g/mol. The first kappa shape index (κ1) is 29.6. The summed E-state index contributed by atoms with van der Waals surface area (Å²) < 4.78 is 14.0. The highest BCUT2D eigenvalue weighted by atomic mass is 19.1. The van der Waals surface area contributed by atoms with Crippen molar-refractivity contribution in [2.75, 3.05) is 11.9 Å². The van der Waals surface area contributed by atoms with E-state index in [2.05, 4.69) is 5.32 Å². The van der Waals surface area contributed by atoms with Gasteiger partial charge in [0.1, 0.15) is 5.82 Å². The maximum absolute atomic E-state index is 14.6. The first-order chi connectivity index (χ1) is 19.6. The largest absolute Gasteiger partial charge is 0.547 e. The standard InChI is InChI=1S/C32H33FN2O6/c1-20(2)32(30(40)34-24-11-7-4-8-12-24)27(21-9-5-3-6-10-21)28(22-13-15-23(33)16-14-22)35(31(32)41)18-17-25(36)19-26(37)29(38)39/h3-16,20,25-26,36-37H,17-19H2,1-2H3,(H,34,40)(H,38,39)/p-1. The molecule has 41 heavy (non-hydrogen) atoms. The summed E-state index contributed by atoms with van der Waals surface area (Å²) in [5.41, 5.74) is 0.709. The molecule has 0 radical (unpaired) electrons. The summed E-state index contributed by atoms with van der Waals surface area (Å²) in [7, 11) is 0. The number of benzene rings is 3. The summed E-state index contributed by atoms with van der Waals surface area (Å²) in [6.07, 6.45) is -3.75. The number of anilines is 1. The number of carbonyl (C=O) groups excluding carboxylic acids is 3. The first-order valence-electron chi connectivity index (χ1n) is 13.4. The number of amides is 2. The van der Waals surface area contributed by atoms with Crippen LogP contribution in [0.5, 0.6) is 0 Å². The van der Waals surface area contributed by atoms with Crippen molar-refractivity contribution in [1.82, 2.24) is 4.90 Å². The van der Waals surface area contributed by atoms with Crippen LogP contribution in [-0.4, -0.2) is 51.6 Å². The molecular formula is C32H32FN2O6-. The average Bonchev–Trinajstić information content (AvgIpc) is 3.22. The van der Waals surface area contributed by atoms with E-state index in [0.717, 1.165) is 0 Å². The molecule has 0 bridgehead atoms. The molecule has 0 saturated heterocycles. The molecule has 3 atom stereocenters. The van der Waals surface area contributed by atoms with Crippen molar-refractivity contribution in [2.24, 2.45) is 11.3 Å². The predicted molar refractivity (Wildman–Crippen MR) is 150 cm³/mol. The summed E-state index contributed by atoms with van der Waals surface area (Å²) in [5.74, 6) is -3.81. The fraction of sp³-hybridized carbons (Fsp3) is 0.281. The number of aliphatic hydroxyl groups is 2. The van der Waals surface area contributed by atoms with E-state index in [9.17, 15) is 34.1 Å². The Labute approximate surface area is 237 Å². The highest BCUT2D eigenvalue weighted by Gasteiger charge is 2.60. The quantitative estimate of drug-likeness (QED) is 0.310. The van der Waals surface area contributed by atoms with Gasteiger partial charge in [-0.25, -0.2) is 4.39 Å². The number of nitrogens with zero attached hydrogens (tertiary/aromatic N) is 1. The number of aliphatic carboxylic acids is 1.